The summed E-state index contributed by atoms with van der Waals surface area (Å²) in [6, 6.07) is 8.46. The summed E-state index contributed by atoms with van der Waals surface area (Å²) < 4.78 is 2.94. The third-order valence-electron chi connectivity index (χ3n) is 5.78. The number of fused-ring (bicyclic) bond motifs is 3. The van der Waals surface area contributed by atoms with Gasteiger partial charge >= 0.3 is 11.7 Å². The van der Waals surface area contributed by atoms with E-state index in [0.29, 0.717) is 24.1 Å². The van der Waals surface area contributed by atoms with Gasteiger partial charge in [0.25, 0.3) is 0 Å². The average molecular weight is 365 g/mol. The monoisotopic (exact) mass is 364 g/mol. The van der Waals surface area contributed by atoms with Crippen molar-refractivity contribution >= 4 is 29.5 Å². The highest BCUT2D eigenvalue weighted by Gasteiger charge is 2.39. The largest absolute Gasteiger partial charge is 0.337 e. The van der Waals surface area contributed by atoms with Crippen LogP contribution in [0.15, 0.2) is 29.1 Å². The molecule has 2 bridgehead atoms. The molecule has 0 spiro atoms. The molecule has 1 aromatic carbocycles. The summed E-state index contributed by atoms with van der Waals surface area (Å²) in [6.45, 7) is 2.47. The number of amides is 1. The van der Waals surface area contributed by atoms with E-state index >= 15 is 0 Å². The number of rotatable bonds is 2. The third kappa shape index (κ3) is 2.87. The number of aryl methyl sites for hydroxylation is 1. The van der Waals surface area contributed by atoms with Gasteiger partial charge in [0.05, 0.1) is 11.0 Å². The van der Waals surface area contributed by atoms with Crippen LogP contribution in [-0.4, -0.2) is 45.2 Å². The summed E-state index contributed by atoms with van der Waals surface area (Å²) in [5.41, 5.74) is 1.23. The molecular weight excluding hydrogens is 340 g/mol. The van der Waals surface area contributed by atoms with E-state index in [2.05, 4.69) is 17.3 Å². The lowest BCUT2D eigenvalue weighted by atomic mass is 9.98. The molecule has 4 rings (SSSR count). The molecule has 2 fully saturated rings. The van der Waals surface area contributed by atoms with Gasteiger partial charge in [0.15, 0.2) is 0 Å². The van der Waals surface area contributed by atoms with E-state index in [9.17, 15) is 9.59 Å². The number of piperidine rings is 1. The number of nitrogens with one attached hydrogen (secondary N) is 1. The van der Waals surface area contributed by atoms with Gasteiger partial charge in [-0.15, -0.1) is 12.4 Å². The minimum atomic E-state index is -0.294. The van der Waals surface area contributed by atoms with E-state index in [-0.39, 0.29) is 30.2 Å². The minimum Gasteiger partial charge on any atom is -0.334 e. The van der Waals surface area contributed by atoms with Crippen LogP contribution < -0.4 is 11.0 Å². The molecule has 6 nitrogen and oxygen atoms in total. The van der Waals surface area contributed by atoms with Crippen molar-refractivity contribution in [3.63, 3.8) is 0 Å². The second-order valence-electron chi connectivity index (χ2n) is 7.02. The standard InChI is InChI=1S/C18H24N4O2.ClH/c1-3-21-15-6-4-5-7-16(15)22(18(21)24)17(23)19-12-10-13-8-9-14(11-12)20(13)2;/h4-7,12-14H,3,8-11H2,1-2H3,(H,19,23);1H. The van der Waals surface area contributed by atoms with Gasteiger partial charge in [0.2, 0.25) is 0 Å². The molecule has 3 heterocycles. The molecule has 0 radical (unpaired) electrons. The maximum absolute atomic E-state index is 12.8. The van der Waals surface area contributed by atoms with Gasteiger partial charge in [0, 0.05) is 24.7 Å². The number of hydrogen-bond acceptors (Lipinski definition) is 3. The zero-order valence-corrected chi connectivity index (χ0v) is 15.5. The van der Waals surface area contributed by atoms with Crippen molar-refractivity contribution in [2.24, 2.45) is 0 Å². The van der Waals surface area contributed by atoms with E-state index in [4.69, 9.17) is 0 Å². The number of hydrogen-bond donors (Lipinski definition) is 1. The van der Waals surface area contributed by atoms with Crippen molar-refractivity contribution in [2.75, 3.05) is 7.05 Å². The molecule has 2 saturated heterocycles. The van der Waals surface area contributed by atoms with Crippen LogP contribution in [0.1, 0.15) is 32.6 Å². The summed E-state index contributed by atoms with van der Waals surface area (Å²) in [6.07, 6.45) is 4.37. The molecule has 0 saturated carbocycles. The van der Waals surface area contributed by atoms with E-state index < -0.39 is 0 Å². The Morgan fingerprint density at radius 1 is 1.16 bits per heavy atom. The van der Waals surface area contributed by atoms with E-state index in [0.717, 1.165) is 18.4 Å². The SMILES string of the molecule is CCn1c(=O)n(C(=O)NC2CC3CCC(C2)N3C)c2ccccc21.Cl. The second kappa shape index (κ2) is 6.84. The zero-order chi connectivity index (χ0) is 16.8. The maximum Gasteiger partial charge on any atom is 0.337 e. The van der Waals surface area contributed by atoms with Crippen LogP contribution in [0.5, 0.6) is 0 Å². The Balaban J connectivity index is 0.00000182. The molecule has 1 amide bonds. The van der Waals surface area contributed by atoms with Crippen molar-refractivity contribution in [1.82, 2.24) is 19.4 Å². The van der Waals surface area contributed by atoms with Gasteiger partial charge in [-0.1, -0.05) is 12.1 Å². The Hall–Kier alpha value is -1.79. The van der Waals surface area contributed by atoms with Crippen LogP contribution >= 0.6 is 12.4 Å². The quantitative estimate of drug-likeness (QED) is 0.890. The van der Waals surface area contributed by atoms with Crippen LogP contribution in [0.25, 0.3) is 11.0 Å². The molecule has 1 aromatic heterocycles. The topological polar surface area (TPSA) is 59.3 Å². The molecule has 2 aliphatic heterocycles. The first-order chi connectivity index (χ1) is 11.6. The first-order valence-corrected chi connectivity index (χ1v) is 8.83. The fourth-order valence-corrected chi connectivity index (χ4v) is 4.48. The number of benzene rings is 1. The van der Waals surface area contributed by atoms with Crippen molar-refractivity contribution in [2.45, 2.75) is 57.3 Å². The van der Waals surface area contributed by atoms with Crippen LogP contribution in [0.2, 0.25) is 0 Å². The van der Waals surface area contributed by atoms with Crippen LogP contribution in [-0.2, 0) is 6.54 Å². The number of imidazole rings is 1. The van der Waals surface area contributed by atoms with Crippen molar-refractivity contribution < 1.29 is 4.79 Å². The molecule has 136 valence electrons. The number of carbonyl (C=O) groups excluding carboxylic acids is 1. The van der Waals surface area contributed by atoms with Crippen molar-refractivity contribution in [1.29, 1.82) is 0 Å². The highest BCUT2D eigenvalue weighted by Crippen LogP contribution is 2.34. The highest BCUT2D eigenvalue weighted by molar-refractivity contribution is 5.89. The lowest BCUT2D eigenvalue weighted by molar-refractivity contribution is 0.149. The summed E-state index contributed by atoms with van der Waals surface area (Å²) in [5, 5.41) is 3.11. The average Bonchev–Trinajstić information content (AvgIpc) is 2.95. The maximum atomic E-state index is 12.8. The lowest BCUT2D eigenvalue weighted by Gasteiger charge is -2.36. The zero-order valence-electron chi connectivity index (χ0n) is 14.6. The highest BCUT2D eigenvalue weighted by atomic mass is 35.5. The minimum absolute atomic E-state index is 0. The second-order valence-corrected chi connectivity index (χ2v) is 7.02. The van der Waals surface area contributed by atoms with E-state index in [1.165, 1.54) is 17.4 Å². The Kier molecular flexibility index (Phi) is 4.93. The van der Waals surface area contributed by atoms with Crippen LogP contribution in [0.4, 0.5) is 4.79 Å². The lowest BCUT2D eigenvalue weighted by Crippen LogP contribution is -2.50. The molecule has 1 N–H and O–H groups in total. The van der Waals surface area contributed by atoms with Gasteiger partial charge in [-0.25, -0.2) is 14.2 Å². The first kappa shape index (κ1) is 18.0. The van der Waals surface area contributed by atoms with Gasteiger partial charge in [0.1, 0.15) is 0 Å². The fraction of sp³-hybridized carbons (Fsp3) is 0.556. The summed E-state index contributed by atoms with van der Waals surface area (Å²) in [5.74, 6) is 0. The summed E-state index contributed by atoms with van der Waals surface area (Å²) in [7, 11) is 2.18. The Labute approximate surface area is 153 Å². The molecule has 25 heavy (non-hydrogen) atoms. The Bertz CT molecular complexity index is 829. The van der Waals surface area contributed by atoms with Gasteiger partial charge in [-0.05, 0) is 51.8 Å². The third-order valence-corrected chi connectivity index (χ3v) is 5.78. The number of para-hydroxylation sites is 2. The first-order valence-electron chi connectivity index (χ1n) is 8.83. The molecular formula is C18H25ClN4O2. The Morgan fingerprint density at radius 2 is 1.76 bits per heavy atom. The number of carbonyl (C=O) groups is 1. The number of halogens is 1. The van der Waals surface area contributed by atoms with Crippen LogP contribution in [0.3, 0.4) is 0 Å². The van der Waals surface area contributed by atoms with Crippen LogP contribution in [0, 0.1) is 0 Å². The van der Waals surface area contributed by atoms with E-state index in [1.807, 2.05) is 31.2 Å². The molecule has 2 unspecified atom stereocenters. The molecule has 7 heteroatoms. The van der Waals surface area contributed by atoms with Crippen molar-refractivity contribution in [3.05, 3.63) is 34.7 Å². The van der Waals surface area contributed by atoms with Gasteiger partial charge < -0.3 is 10.2 Å². The number of nitrogens with zero attached hydrogens (tertiary/aromatic N) is 3. The van der Waals surface area contributed by atoms with E-state index in [1.54, 1.807) is 4.57 Å². The molecule has 2 aliphatic rings. The summed E-state index contributed by atoms with van der Waals surface area (Å²) >= 11 is 0. The molecule has 2 atom stereocenters. The molecule has 2 aromatic rings. The predicted octanol–water partition coefficient (Wildman–Crippen LogP) is 2.43. The Morgan fingerprint density at radius 3 is 2.36 bits per heavy atom. The molecule has 0 aliphatic carbocycles. The normalized spacial score (nSPS) is 25.8. The van der Waals surface area contributed by atoms with Crippen molar-refractivity contribution in [3.8, 4) is 0 Å². The van der Waals surface area contributed by atoms with Gasteiger partial charge in [-0.3, -0.25) is 4.57 Å². The number of aromatic nitrogens is 2. The smallest absolute Gasteiger partial charge is 0.334 e. The van der Waals surface area contributed by atoms with Gasteiger partial charge in [-0.2, -0.15) is 0 Å². The summed E-state index contributed by atoms with van der Waals surface area (Å²) in [4.78, 5) is 27.9. The fourth-order valence-electron chi connectivity index (χ4n) is 4.48. The predicted molar refractivity (Wildman–Crippen MR) is 101 cm³/mol.